The summed E-state index contributed by atoms with van der Waals surface area (Å²) in [7, 11) is 0. The van der Waals surface area contributed by atoms with E-state index in [1.165, 1.54) is 0 Å². The van der Waals surface area contributed by atoms with Gasteiger partial charge in [0.05, 0.1) is 18.8 Å². The van der Waals surface area contributed by atoms with E-state index in [0.29, 0.717) is 17.9 Å². The van der Waals surface area contributed by atoms with Gasteiger partial charge in [-0.3, -0.25) is 4.79 Å². The summed E-state index contributed by atoms with van der Waals surface area (Å²) in [4.78, 5) is 15.9. The zero-order valence-corrected chi connectivity index (χ0v) is 13.4. The Balaban J connectivity index is 2.16. The minimum atomic E-state index is 0.461. The van der Waals surface area contributed by atoms with Crippen molar-refractivity contribution in [2.24, 2.45) is 0 Å². The first-order valence-electron chi connectivity index (χ1n) is 5.08. The van der Waals surface area contributed by atoms with E-state index in [0.717, 1.165) is 25.1 Å². The highest BCUT2D eigenvalue weighted by atomic mass is 79.9. The molecular weight excluding hydrogens is 382 g/mol. The normalized spacial score (nSPS) is 10.4. The Morgan fingerprint density at radius 3 is 2.56 bits per heavy atom. The Hall–Kier alpha value is -0.720. The molecular formula is C12H9Br2NO2S. The maximum Gasteiger partial charge on any atom is 0.150 e. The number of benzene rings is 1. The van der Waals surface area contributed by atoms with Crippen LogP contribution in [0.3, 0.4) is 0 Å². The smallest absolute Gasteiger partial charge is 0.150 e. The summed E-state index contributed by atoms with van der Waals surface area (Å²) in [6.07, 6.45) is 2.60. The molecule has 0 bridgehead atoms. The van der Waals surface area contributed by atoms with Crippen LogP contribution in [0.2, 0.25) is 0 Å². The molecule has 18 heavy (non-hydrogen) atoms. The quantitative estimate of drug-likeness (QED) is 0.727. The van der Waals surface area contributed by atoms with Crippen LogP contribution in [-0.2, 0) is 6.61 Å². The average Bonchev–Trinajstić information content (AvgIpc) is 2.73. The number of aryl methyl sites for hydroxylation is 1. The molecule has 3 nitrogen and oxygen atoms in total. The predicted octanol–water partition coefficient (Wildman–Crippen LogP) is 4.37. The number of nitrogens with zero attached hydrogens (tertiary/aromatic N) is 1. The second-order valence-corrected chi connectivity index (χ2v) is 6.59. The summed E-state index contributed by atoms with van der Waals surface area (Å²) in [5.74, 6) is 0.687. The van der Waals surface area contributed by atoms with Gasteiger partial charge in [-0.1, -0.05) is 0 Å². The number of thiazole rings is 1. The molecule has 0 unspecified atom stereocenters. The van der Waals surface area contributed by atoms with E-state index in [1.807, 2.05) is 13.1 Å². The van der Waals surface area contributed by atoms with Gasteiger partial charge < -0.3 is 4.74 Å². The van der Waals surface area contributed by atoms with E-state index in [-0.39, 0.29) is 0 Å². The molecule has 0 saturated carbocycles. The lowest BCUT2D eigenvalue weighted by Crippen LogP contribution is -1.96. The van der Waals surface area contributed by atoms with Crippen molar-refractivity contribution in [2.45, 2.75) is 13.5 Å². The van der Waals surface area contributed by atoms with Gasteiger partial charge in [-0.25, -0.2) is 4.98 Å². The molecule has 0 fully saturated rings. The van der Waals surface area contributed by atoms with Gasteiger partial charge in [0.25, 0.3) is 0 Å². The lowest BCUT2D eigenvalue weighted by atomic mass is 10.2. The number of aldehydes is 1. The van der Waals surface area contributed by atoms with Crippen molar-refractivity contribution in [3.63, 3.8) is 0 Å². The van der Waals surface area contributed by atoms with Gasteiger partial charge in [0.15, 0.2) is 0 Å². The third kappa shape index (κ3) is 3.18. The monoisotopic (exact) mass is 389 g/mol. The molecule has 94 valence electrons. The molecule has 0 aliphatic carbocycles. The lowest BCUT2D eigenvalue weighted by molar-refractivity contribution is 0.112. The number of rotatable bonds is 4. The molecule has 0 spiro atoms. The van der Waals surface area contributed by atoms with E-state index in [2.05, 4.69) is 36.8 Å². The maximum absolute atomic E-state index is 10.7. The zero-order valence-electron chi connectivity index (χ0n) is 9.44. The van der Waals surface area contributed by atoms with Gasteiger partial charge in [0.1, 0.15) is 18.6 Å². The highest BCUT2D eigenvalue weighted by Gasteiger charge is 2.09. The number of carbonyl (C=O) groups excluding carboxylic acids is 1. The molecule has 1 aromatic carbocycles. The molecule has 0 amide bonds. The van der Waals surface area contributed by atoms with Crippen LogP contribution in [0.4, 0.5) is 0 Å². The van der Waals surface area contributed by atoms with Gasteiger partial charge in [-0.15, -0.1) is 11.3 Å². The SMILES string of the molecule is Cc1ncc(COc2c(Br)cc(C=O)cc2Br)s1. The van der Waals surface area contributed by atoms with Gasteiger partial charge >= 0.3 is 0 Å². The molecule has 0 N–H and O–H groups in total. The lowest BCUT2D eigenvalue weighted by Gasteiger charge is -2.09. The fourth-order valence-corrected chi connectivity index (χ4v) is 3.56. The van der Waals surface area contributed by atoms with Crippen LogP contribution in [-0.4, -0.2) is 11.3 Å². The third-order valence-corrected chi connectivity index (χ3v) is 4.25. The minimum absolute atomic E-state index is 0.461. The molecule has 2 aromatic rings. The van der Waals surface area contributed by atoms with Crippen LogP contribution in [0.25, 0.3) is 0 Å². The molecule has 0 saturated heterocycles. The fraction of sp³-hybridized carbons (Fsp3) is 0.167. The molecule has 0 radical (unpaired) electrons. The minimum Gasteiger partial charge on any atom is -0.486 e. The largest absolute Gasteiger partial charge is 0.486 e. The highest BCUT2D eigenvalue weighted by Crippen LogP contribution is 2.35. The van der Waals surface area contributed by atoms with E-state index in [1.54, 1.807) is 23.5 Å². The van der Waals surface area contributed by atoms with Crippen molar-refractivity contribution < 1.29 is 9.53 Å². The molecule has 0 aliphatic heterocycles. The van der Waals surface area contributed by atoms with Gasteiger partial charge in [0, 0.05) is 11.8 Å². The number of hydrogen-bond acceptors (Lipinski definition) is 4. The summed E-state index contributed by atoms with van der Waals surface area (Å²) in [5, 5.41) is 1.02. The van der Waals surface area contributed by atoms with E-state index in [4.69, 9.17) is 4.74 Å². The number of aromatic nitrogens is 1. The summed E-state index contributed by atoms with van der Waals surface area (Å²) in [6, 6.07) is 3.45. The maximum atomic E-state index is 10.7. The first-order chi connectivity index (χ1) is 8.60. The molecule has 1 heterocycles. The zero-order chi connectivity index (χ0) is 13.1. The Kier molecular flexibility index (Phi) is 4.53. The van der Waals surface area contributed by atoms with Crippen molar-refractivity contribution in [3.05, 3.63) is 42.7 Å². The van der Waals surface area contributed by atoms with Crippen LogP contribution < -0.4 is 4.74 Å². The van der Waals surface area contributed by atoms with Gasteiger partial charge in [-0.2, -0.15) is 0 Å². The third-order valence-electron chi connectivity index (χ3n) is 2.18. The van der Waals surface area contributed by atoms with Crippen molar-refractivity contribution in [1.29, 1.82) is 0 Å². The first-order valence-corrected chi connectivity index (χ1v) is 7.48. The molecule has 1 aromatic heterocycles. The molecule has 0 aliphatic rings. The average molecular weight is 391 g/mol. The van der Waals surface area contributed by atoms with E-state index in [9.17, 15) is 4.79 Å². The van der Waals surface area contributed by atoms with E-state index >= 15 is 0 Å². The molecule has 2 rings (SSSR count). The molecule has 0 atom stereocenters. The van der Waals surface area contributed by atoms with E-state index < -0.39 is 0 Å². The summed E-state index contributed by atoms with van der Waals surface area (Å²) in [6.45, 7) is 2.42. The van der Waals surface area contributed by atoms with Gasteiger partial charge in [0.2, 0.25) is 0 Å². The van der Waals surface area contributed by atoms with Crippen LogP contribution in [0.5, 0.6) is 5.75 Å². The van der Waals surface area contributed by atoms with Crippen molar-refractivity contribution in [1.82, 2.24) is 4.98 Å². The Morgan fingerprint density at radius 1 is 1.39 bits per heavy atom. The second kappa shape index (κ2) is 5.95. The second-order valence-electron chi connectivity index (χ2n) is 3.57. The van der Waals surface area contributed by atoms with Crippen molar-refractivity contribution in [2.75, 3.05) is 0 Å². The van der Waals surface area contributed by atoms with Crippen LogP contribution in [0, 0.1) is 6.92 Å². The summed E-state index contributed by atoms with van der Waals surface area (Å²) < 4.78 is 7.23. The number of carbonyl (C=O) groups is 1. The van der Waals surface area contributed by atoms with Crippen molar-refractivity contribution >= 4 is 49.5 Å². The number of halogens is 2. The molecule has 6 heteroatoms. The number of ether oxygens (including phenoxy) is 1. The Morgan fingerprint density at radius 2 is 2.06 bits per heavy atom. The standard InChI is InChI=1S/C12H9Br2NO2S/c1-7-15-4-9(18-7)6-17-12-10(13)2-8(5-16)3-11(12)14/h2-5H,6H2,1H3. The number of hydrogen-bond donors (Lipinski definition) is 0. The van der Waals surface area contributed by atoms with Crippen LogP contribution in [0.1, 0.15) is 20.2 Å². The van der Waals surface area contributed by atoms with Crippen LogP contribution in [0.15, 0.2) is 27.3 Å². The van der Waals surface area contributed by atoms with Crippen LogP contribution >= 0.6 is 43.2 Å². The summed E-state index contributed by atoms with van der Waals surface area (Å²) in [5.41, 5.74) is 0.592. The van der Waals surface area contributed by atoms with Crippen molar-refractivity contribution in [3.8, 4) is 5.75 Å². The summed E-state index contributed by atoms with van der Waals surface area (Å²) >= 11 is 8.39. The highest BCUT2D eigenvalue weighted by molar-refractivity contribution is 9.11. The Bertz CT molecular complexity index is 560. The fourth-order valence-electron chi connectivity index (χ4n) is 1.40. The Labute approximate surface area is 125 Å². The predicted molar refractivity (Wildman–Crippen MR) is 78.4 cm³/mol. The first kappa shape index (κ1) is 13.7. The topological polar surface area (TPSA) is 39.2 Å². The van der Waals surface area contributed by atoms with Gasteiger partial charge in [-0.05, 0) is 50.9 Å².